The van der Waals surface area contributed by atoms with Gasteiger partial charge in [-0.25, -0.2) is 12.8 Å². The van der Waals surface area contributed by atoms with E-state index in [-0.39, 0.29) is 18.0 Å². The summed E-state index contributed by atoms with van der Waals surface area (Å²) in [6.45, 7) is 2.23. The Morgan fingerprint density at radius 2 is 1.33 bits per heavy atom. The quantitative estimate of drug-likeness (QED) is 0.570. The van der Waals surface area contributed by atoms with E-state index in [1.165, 1.54) is 16.4 Å². The number of aliphatic imine (C=N–C) groups is 2. The van der Waals surface area contributed by atoms with Crippen LogP contribution in [0.2, 0.25) is 0 Å². The summed E-state index contributed by atoms with van der Waals surface area (Å²) in [6, 6.07) is 23.8. The number of rotatable bonds is 4. The number of hydrogen-bond donors (Lipinski definition) is 0. The first-order valence-corrected chi connectivity index (χ1v) is 12.4. The van der Waals surface area contributed by atoms with Crippen molar-refractivity contribution in [2.45, 2.75) is 30.3 Å². The molecule has 0 N–H and O–H groups in total. The van der Waals surface area contributed by atoms with E-state index in [0.29, 0.717) is 18.4 Å². The Morgan fingerprint density at radius 3 is 1.85 bits per heavy atom. The standard InChI is InChI=1S/C26H24FN3O2S/c1-19-12-13-22(27)18-23(19)33(31,32)30-16-14-26(15-17-30)28-24(20-8-4-2-5-9-20)25(29-26)21-10-6-3-7-11-21/h2-13,18H,14-17H2,1H3. The van der Waals surface area contributed by atoms with Crippen LogP contribution >= 0.6 is 0 Å². The van der Waals surface area contributed by atoms with Crippen molar-refractivity contribution in [3.8, 4) is 0 Å². The summed E-state index contributed by atoms with van der Waals surface area (Å²) in [5, 5.41) is 0. The number of nitrogens with zero attached hydrogens (tertiary/aromatic N) is 3. The zero-order valence-electron chi connectivity index (χ0n) is 18.3. The highest BCUT2D eigenvalue weighted by molar-refractivity contribution is 7.89. The molecule has 1 spiro atoms. The lowest BCUT2D eigenvalue weighted by Crippen LogP contribution is -2.44. The second-order valence-corrected chi connectivity index (χ2v) is 10.4. The number of piperidine rings is 1. The molecule has 168 valence electrons. The van der Waals surface area contributed by atoms with E-state index in [9.17, 15) is 12.8 Å². The minimum absolute atomic E-state index is 0.0202. The molecule has 0 unspecified atom stereocenters. The molecule has 7 heteroatoms. The van der Waals surface area contributed by atoms with Gasteiger partial charge in [0, 0.05) is 37.1 Å². The van der Waals surface area contributed by atoms with Crippen LogP contribution in [0, 0.1) is 12.7 Å². The Labute approximate surface area is 193 Å². The van der Waals surface area contributed by atoms with E-state index in [1.807, 2.05) is 60.7 Å². The molecule has 0 aliphatic carbocycles. The van der Waals surface area contributed by atoms with Crippen LogP contribution in [-0.4, -0.2) is 42.9 Å². The van der Waals surface area contributed by atoms with Gasteiger partial charge in [-0.15, -0.1) is 0 Å². The maximum atomic E-state index is 13.8. The smallest absolute Gasteiger partial charge is 0.243 e. The summed E-state index contributed by atoms with van der Waals surface area (Å²) in [7, 11) is -3.80. The highest BCUT2D eigenvalue weighted by Crippen LogP contribution is 2.36. The molecular weight excluding hydrogens is 437 g/mol. The predicted octanol–water partition coefficient (Wildman–Crippen LogP) is 4.61. The van der Waals surface area contributed by atoms with E-state index in [2.05, 4.69) is 0 Å². The zero-order chi connectivity index (χ0) is 23.1. The van der Waals surface area contributed by atoms with Crippen molar-refractivity contribution >= 4 is 21.4 Å². The van der Waals surface area contributed by atoms with Crippen molar-refractivity contribution in [3.63, 3.8) is 0 Å². The van der Waals surface area contributed by atoms with E-state index in [1.54, 1.807) is 6.92 Å². The molecule has 2 aliphatic heterocycles. The number of hydrogen-bond acceptors (Lipinski definition) is 4. The minimum atomic E-state index is -3.80. The van der Waals surface area contributed by atoms with Gasteiger partial charge >= 0.3 is 0 Å². The SMILES string of the molecule is Cc1ccc(F)cc1S(=O)(=O)N1CCC2(CC1)N=C(c1ccccc1)C(c1ccccc1)=N2. The largest absolute Gasteiger partial charge is 0.253 e. The summed E-state index contributed by atoms with van der Waals surface area (Å²) in [5.74, 6) is -0.558. The second-order valence-electron chi connectivity index (χ2n) is 8.45. The van der Waals surface area contributed by atoms with Crippen LogP contribution in [0.4, 0.5) is 4.39 Å². The third kappa shape index (κ3) is 4.03. The van der Waals surface area contributed by atoms with Crippen LogP contribution < -0.4 is 0 Å². The van der Waals surface area contributed by atoms with E-state index in [4.69, 9.17) is 9.98 Å². The van der Waals surface area contributed by atoms with Crippen molar-refractivity contribution < 1.29 is 12.8 Å². The van der Waals surface area contributed by atoms with Crippen molar-refractivity contribution in [2.24, 2.45) is 9.98 Å². The van der Waals surface area contributed by atoms with Crippen molar-refractivity contribution in [1.29, 1.82) is 0 Å². The molecule has 0 amide bonds. The van der Waals surface area contributed by atoms with Crippen LogP contribution in [0.3, 0.4) is 0 Å². The van der Waals surface area contributed by atoms with Crippen LogP contribution in [0.5, 0.6) is 0 Å². The molecular formula is C26H24FN3O2S. The van der Waals surface area contributed by atoms with Crippen LogP contribution in [-0.2, 0) is 10.0 Å². The first-order chi connectivity index (χ1) is 15.9. The predicted molar refractivity (Wildman–Crippen MR) is 128 cm³/mol. The van der Waals surface area contributed by atoms with Gasteiger partial charge in [-0.05, 0) is 24.6 Å². The van der Waals surface area contributed by atoms with Gasteiger partial charge in [0.1, 0.15) is 5.82 Å². The summed E-state index contributed by atoms with van der Waals surface area (Å²) < 4.78 is 41.6. The highest BCUT2D eigenvalue weighted by Gasteiger charge is 2.42. The molecule has 3 aromatic rings. The fourth-order valence-electron chi connectivity index (χ4n) is 4.44. The van der Waals surface area contributed by atoms with Gasteiger partial charge in [0.25, 0.3) is 0 Å². The molecule has 0 atom stereocenters. The third-order valence-corrected chi connectivity index (χ3v) is 8.29. The number of sulfonamides is 1. The molecule has 0 bridgehead atoms. The summed E-state index contributed by atoms with van der Waals surface area (Å²) in [6.07, 6.45) is 0.931. The molecule has 0 radical (unpaired) electrons. The molecule has 2 aliphatic rings. The minimum Gasteiger partial charge on any atom is -0.253 e. The fraction of sp³-hybridized carbons (Fsp3) is 0.231. The fourth-order valence-corrected chi connectivity index (χ4v) is 6.12. The normalized spacial score (nSPS) is 18.2. The van der Waals surface area contributed by atoms with E-state index in [0.717, 1.165) is 28.6 Å². The Kier molecular flexibility index (Phi) is 5.46. The lowest BCUT2D eigenvalue weighted by Gasteiger charge is -2.35. The monoisotopic (exact) mass is 461 g/mol. The number of halogens is 1. The Morgan fingerprint density at radius 1 is 0.818 bits per heavy atom. The van der Waals surface area contributed by atoms with E-state index >= 15 is 0 Å². The summed E-state index contributed by atoms with van der Waals surface area (Å²) in [4.78, 5) is 10.1. The molecule has 2 heterocycles. The first kappa shape index (κ1) is 21.7. The van der Waals surface area contributed by atoms with Crippen LogP contribution in [0.15, 0.2) is 93.7 Å². The molecule has 1 fully saturated rings. The Hall–Kier alpha value is -3.16. The van der Waals surface area contributed by atoms with Crippen molar-refractivity contribution in [3.05, 3.63) is 101 Å². The molecule has 0 saturated carbocycles. The summed E-state index contributed by atoms with van der Waals surface area (Å²) in [5.41, 5.74) is 3.48. The van der Waals surface area contributed by atoms with Crippen molar-refractivity contribution in [1.82, 2.24) is 4.31 Å². The Balaban J connectivity index is 1.47. The highest BCUT2D eigenvalue weighted by atomic mass is 32.2. The lowest BCUT2D eigenvalue weighted by molar-refractivity contribution is 0.248. The summed E-state index contributed by atoms with van der Waals surface area (Å²) >= 11 is 0. The van der Waals surface area contributed by atoms with Gasteiger partial charge in [-0.2, -0.15) is 4.31 Å². The van der Waals surface area contributed by atoms with Crippen LogP contribution in [0.1, 0.15) is 29.5 Å². The molecule has 0 aromatic heterocycles. The maximum absolute atomic E-state index is 13.8. The van der Waals surface area contributed by atoms with Gasteiger partial charge in [-0.3, -0.25) is 9.98 Å². The number of aryl methyl sites for hydroxylation is 1. The second kappa shape index (κ2) is 8.32. The molecule has 5 nitrogen and oxygen atoms in total. The van der Waals surface area contributed by atoms with E-state index < -0.39 is 21.5 Å². The van der Waals surface area contributed by atoms with Gasteiger partial charge in [0.05, 0.1) is 16.3 Å². The van der Waals surface area contributed by atoms with Gasteiger partial charge in [0.15, 0.2) is 5.66 Å². The van der Waals surface area contributed by atoms with Gasteiger partial charge in [-0.1, -0.05) is 66.7 Å². The average Bonchev–Trinajstić information content (AvgIpc) is 3.21. The molecule has 3 aromatic carbocycles. The lowest BCUT2D eigenvalue weighted by atomic mass is 10.00. The number of benzene rings is 3. The average molecular weight is 462 g/mol. The molecule has 1 saturated heterocycles. The Bertz CT molecular complexity index is 1290. The first-order valence-electron chi connectivity index (χ1n) is 11.0. The topological polar surface area (TPSA) is 62.1 Å². The zero-order valence-corrected chi connectivity index (χ0v) is 19.1. The van der Waals surface area contributed by atoms with Crippen LogP contribution in [0.25, 0.3) is 0 Å². The molecule has 33 heavy (non-hydrogen) atoms. The molecule has 5 rings (SSSR count). The van der Waals surface area contributed by atoms with Gasteiger partial charge in [0.2, 0.25) is 10.0 Å². The van der Waals surface area contributed by atoms with Crippen molar-refractivity contribution in [2.75, 3.05) is 13.1 Å². The van der Waals surface area contributed by atoms with Gasteiger partial charge < -0.3 is 0 Å². The maximum Gasteiger partial charge on any atom is 0.243 e. The third-order valence-electron chi connectivity index (χ3n) is 6.25.